The quantitative estimate of drug-likeness (QED) is 0.265. The van der Waals surface area contributed by atoms with Crippen LogP contribution in [0.5, 0.6) is 0 Å². The maximum atomic E-state index is 5.20. The first kappa shape index (κ1) is 16.9. The van der Waals surface area contributed by atoms with Crippen molar-refractivity contribution in [2.75, 3.05) is 7.11 Å². The van der Waals surface area contributed by atoms with Crippen molar-refractivity contribution in [3.8, 4) is 0 Å². The summed E-state index contributed by atoms with van der Waals surface area (Å²) in [5, 5.41) is 0. The van der Waals surface area contributed by atoms with Crippen LogP contribution in [-0.4, -0.2) is 12.7 Å². The second-order valence-electron chi connectivity index (χ2n) is 5.59. The maximum Gasteiger partial charge on any atom is 0.0979 e. The molecule has 0 rings (SSSR count). The topological polar surface area (TPSA) is 18.5 Å². The molecule has 0 aromatic carbocycles. The third-order valence-corrected chi connectivity index (χ3v) is 3.19. The molecule has 0 N–H and O–H groups in total. The van der Waals surface area contributed by atoms with Gasteiger partial charge in [-0.2, -0.15) is 0 Å². The van der Waals surface area contributed by atoms with Crippen LogP contribution in [0.4, 0.5) is 0 Å². The Morgan fingerprint density at radius 1 is 0.765 bits per heavy atom. The van der Waals surface area contributed by atoms with Gasteiger partial charge in [-0.1, -0.05) is 64.7 Å². The van der Waals surface area contributed by atoms with Crippen molar-refractivity contribution in [3.63, 3.8) is 0 Å². The molecule has 0 aromatic heterocycles. The van der Waals surface area contributed by atoms with Crippen LogP contribution in [0.25, 0.3) is 0 Å². The first-order chi connectivity index (χ1) is 8.12. The SMILES string of the molecule is CCCCCCCCCCCC(C)(C)OOC. The van der Waals surface area contributed by atoms with E-state index in [0.717, 1.165) is 6.42 Å². The van der Waals surface area contributed by atoms with E-state index in [9.17, 15) is 0 Å². The Labute approximate surface area is 108 Å². The van der Waals surface area contributed by atoms with E-state index in [0.29, 0.717) is 0 Å². The minimum atomic E-state index is -0.129. The predicted molar refractivity (Wildman–Crippen MR) is 74.0 cm³/mol. The Bertz CT molecular complexity index is 155. The van der Waals surface area contributed by atoms with E-state index in [1.807, 2.05) is 0 Å². The number of rotatable bonds is 12. The summed E-state index contributed by atoms with van der Waals surface area (Å²) in [6.07, 6.45) is 13.4. The van der Waals surface area contributed by atoms with Crippen LogP contribution >= 0.6 is 0 Å². The molecule has 0 aliphatic heterocycles. The molecule has 17 heavy (non-hydrogen) atoms. The van der Waals surface area contributed by atoms with E-state index in [4.69, 9.17) is 9.78 Å². The van der Waals surface area contributed by atoms with Crippen molar-refractivity contribution in [3.05, 3.63) is 0 Å². The van der Waals surface area contributed by atoms with Gasteiger partial charge in [0.1, 0.15) is 0 Å². The Kier molecular flexibility index (Phi) is 11.0. The first-order valence-electron chi connectivity index (χ1n) is 7.34. The van der Waals surface area contributed by atoms with Gasteiger partial charge in [0.2, 0.25) is 0 Å². The number of unbranched alkanes of at least 4 members (excludes halogenated alkanes) is 8. The largest absolute Gasteiger partial charge is 0.240 e. The van der Waals surface area contributed by atoms with Crippen molar-refractivity contribution in [2.45, 2.75) is 90.6 Å². The smallest absolute Gasteiger partial charge is 0.0979 e. The van der Waals surface area contributed by atoms with Gasteiger partial charge >= 0.3 is 0 Å². The van der Waals surface area contributed by atoms with Gasteiger partial charge in [-0.25, -0.2) is 9.78 Å². The van der Waals surface area contributed by atoms with Crippen molar-refractivity contribution in [1.29, 1.82) is 0 Å². The molecule has 0 fully saturated rings. The fourth-order valence-electron chi connectivity index (χ4n) is 2.13. The van der Waals surface area contributed by atoms with Crippen molar-refractivity contribution in [2.24, 2.45) is 0 Å². The lowest BCUT2D eigenvalue weighted by Crippen LogP contribution is -2.23. The summed E-state index contributed by atoms with van der Waals surface area (Å²) in [6.45, 7) is 6.44. The third-order valence-electron chi connectivity index (χ3n) is 3.19. The molecule has 0 saturated heterocycles. The zero-order chi connectivity index (χ0) is 13.0. The highest BCUT2D eigenvalue weighted by atomic mass is 17.2. The van der Waals surface area contributed by atoms with Gasteiger partial charge < -0.3 is 0 Å². The van der Waals surface area contributed by atoms with Gasteiger partial charge in [0, 0.05) is 0 Å². The van der Waals surface area contributed by atoms with Gasteiger partial charge in [0.25, 0.3) is 0 Å². The molecule has 0 amide bonds. The predicted octanol–water partition coefficient (Wildman–Crippen LogP) is 5.26. The van der Waals surface area contributed by atoms with E-state index in [1.165, 1.54) is 57.8 Å². The van der Waals surface area contributed by atoms with Crippen LogP contribution in [0.15, 0.2) is 0 Å². The van der Waals surface area contributed by atoms with Crippen LogP contribution in [0, 0.1) is 0 Å². The van der Waals surface area contributed by atoms with Crippen LogP contribution in [0.1, 0.15) is 85.0 Å². The molecule has 0 aromatic rings. The van der Waals surface area contributed by atoms with Crippen LogP contribution in [-0.2, 0) is 9.78 Å². The maximum absolute atomic E-state index is 5.20. The minimum absolute atomic E-state index is 0.129. The van der Waals surface area contributed by atoms with Gasteiger partial charge in [-0.3, -0.25) is 0 Å². The average molecular weight is 244 g/mol. The van der Waals surface area contributed by atoms with E-state index in [-0.39, 0.29) is 5.60 Å². The lowest BCUT2D eigenvalue weighted by molar-refractivity contribution is -0.337. The fourth-order valence-corrected chi connectivity index (χ4v) is 2.13. The molecule has 0 spiro atoms. The fraction of sp³-hybridized carbons (Fsp3) is 1.00. The second-order valence-corrected chi connectivity index (χ2v) is 5.59. The molecular formula is C15H32O2. The highest BCUT2D eigenvalue weighted by molar-refractivity contribution is 4.66. The summed E-state index contributed by atoms with van der Waals surface area (Å²) < 4.78 is 0. The molecular weight excluding hydrogens is 212 g/mol. The number of hydrogen-bond donors (Lipinski definition) is 0. The van der Waals surface area contributed by atoms with Crippen molar-refractivity contribution < 1.29 is 9.78 Å². The monoisotopic (exact) mass is 244 g/mol. The number of hydrogen-bond acceptors (Lipinski definition) is 2. The molecule has 0 aliphatic rings. The zero-order valence-corrected chi connectivity index (χ0v) is 12.4. The highest BCUT2D eigenvalue weighted by Gasteiger charge is 2.18. The highest BCUT2D eigenvalue weighted by Crippen LogP contribution is 2.19. The summed E-state index contributed by atoms with van der Waals surface area (Å²) in [5.74, 6) is 0. The summed E-state index contributed by atoms with van der Waals surface area (Å²) in [7, 11) is 1.58. The summed E-state index contributed by atoms with van der Waals surface area (Å²) in [6, 6.07) is 0. The molecule has 2 heteroatoms. The summed E-state index contributed by atoms with van der Waals surface area (Å²) in [4.78, 5) is 9.94. The van der Waals surface area contributed by atoms with E-state index >= 15 is 0 Å². The normalized spacial score (nSPS) is 12.0. The van der Waals surface area contributed by atoms with Gasteiger partial charge in [-0.05, 0) is 20.3 Å². The molecule has 0 unspecified atom stereocenters. The van der Waals surface area contributed by atoms with Crippen LogP contribution in [0.2, 0.25) is 0 Å². The molecule has 0 radical (unpaired) electrons. The molecule has 0 saturated carbocycles. The van der Waals surface area contributed by atoms with Crippen LogP contribution < -0.4 is 0 Å². The molecule has 2 nitrogen and oxygen atoms in total. The lowest BCUT2D eigenvalue weighted by atomic mass is 9.99. The lowest BCUT2D eigenvalue weighted by Gasteiger charge is -2.22. The Morgan fingerprint density at radius 3 is 1.71 bits per heavy atom. The molecule has 104 valence electrons. The van der Waals surface area contributed by atoms with Crippen molar-refractivity contribution >= 4 is 0 Å². The third kappa shape index (κ3) is 12.2. The summed E-state index contributed by atoms with van der Waals surface area (Å²) >= 11 is 0. The molecule has 0 heterocycles. The van der Waals surface area contributed by atoms with E-state index in [2.05, 4.69) is 20.8 Å². The summed E-state index contributed by atoms with van der Waals surface area (Å²) in [5.41, 5.74) is -0.129. The first-order valence-corrected chi connectivity index (χ1v) is 7.34. The van der Waals surface area contributed by atoms with E-state index < -0.39 is 0 Å². The molecule has 0 bridgehead atoms. The Balaban J connectivity index is 3.18. The standard InChI is InChI=1S/C15H32O2/c1-5-6-7-8-9-10-11-12-13-14-15(2,3)17-16-4/h5-14H2,1-4H3. The second kappa shape index (κ2) is 11.0. The van der Waals surface area contributed by atoms with Crippen molar-refractivity contribution in [1.82, 2.24) is 0 Å². The van der Waals surface area contributed by atoms with Crippen LogP contribution in [0.3, 0.4) is 0 Å². The Hall–Kier alpha value is -0.0800. The average Bonchev–Trinajstić information content (AvgIpc) is 2.27. The van der Waals surface area contributed by atoms with E-state index in [1.54, 1.807) is 7.11 Å². The van der Waals surface area contributed by atoms with Gasteiger partial charge in [0.15, 0.2) is 0 Å². The zero-order valence-electron chi connectivity index (χ0n) is 12.4. The molecule has 0 atom stereocenters. The Morgan fingerprint density at radius 2 is 1.24 bits per heavy atom. The minimum Gasteiger partial charge on any atom is -0.240 e. The van der Waals surface area contributed by atoms with Gasteiger partial charge in [0.05, 0.1) is 12.7 Å². The molecule has 0 aliphatic carbocycles. The van der Waals surface area contributed by atoms with Gasteiger partial charge in [-0.15, -0.1) is 0 Å².